The lowest BCUT2D eigenvalue weighted by atomic mass is 10.1. The Hall–Kier alpha value is -2.17. The van der Waals surface area contributed by atoms with Crippen LogP contribution in [0, 0.1) is 0 Å². The third kappa shape index (κ3) is 2.19. The first-order valence-corrected chi connectivity index (χ1v) is 4.01. The number of ether oxygens (including phenoxy) is 1. The fourth-order valence-electron chi connectivity index (χ4n) is 0.813. The molecule has 0 spiro atoms. The van der Waals surface area contributed by atoms with E-state index in [1.165, 1.54) is 6.92 Å². The highest BCUT2D eigenvalue weighted by Gasteiger charge is 2.26. The van der Waals surface area contributed by atoms with Crippen LogP contribution in [-0.4, -0.2) is 22.6 Å². The molecule has 0 fully saturated rings. The summed E-state index contributed by atoms with van der Waals surface area (Å²) in [6.45, 7) is 4.68. The molecule has 0 aromatic rings. The van der Waals surface area contributed by atoms with E-state index in [1.807, 2.05) is 0 Å². The highest BCUT2D eigenvalue weighted by atomic mass is 16.5. The minimum absolute atomic E-state index is 0.0603. The summed E-state index contributed by atoms with van der Waals surface area (Å²) in [6.07, 6.45) is 1.82. The van der Waals surface area contributed by atoms with Crippen molar-refractivity contribution in [3.05, 3.63) is 35.8 Å². The van der Waals surface area contributed by atoms with E-state index >= 15 is 0 Å². The lowest BCUT2D eigenvalue weighted by molar-refractivity contribution is -0.138. The fourth-order valence-corrected chi connectivity index (χ4v) is 0.813. The number of carbonyl (C=O) groups excluding carboxylic acids is 3. The molecule has 0 heterocycles. The molecule has 0 aromatic carbocycles. The molecule has 1 aliphatic rings. The van der Waals surface area contributed by atoms with Crippen molar-refractivity contribution >= 4 is 17.5 Å². The van der Waals surface area contributed by atoms with Crippen molar-refractivity contribution < 1.29 is 24.2 Å². The molecule has 15 heavy (non-hydrogen) atoms. The van der Waals surface area contributed by atoms with Gasteiger partial charge in [0, 0.05) is 5.57 Å². The van der Waals surface area contributed by atoms with Gasteiger partial charge >= 0.3 is 5.97 Å². The fraction of sp³-hybridized carbons (Fsp3) is 0.100. The van der Waals surface area contributed by atoms with Crippen molar-refractivity contribution in [2.24, 2.45) is 0 Å². The van der Waals surface area contributed by atoms with Crippen LogP contribution in [0.1, 0.15) is 6.92 Å². The second kappa shape index (κ2) is 3.91. The molecule has 0 saturated carbocycles. The molecular weight excluding hydrogens is 200 g/mol. The second-order valence-corrected chi connectivity index (χ2v) is 2.91. The molecule has 0 radical (unpaired) electrons. The molecule has 5 heteroatoms. The van der Waals surface area contributed by atoms with Gasteiger partial charge in [0.1, 0.15) is 0 Å². The van der Waals surface area contributed by atoms with Crippen molar-refractivity contribution in [2.75, 3.05) is 0 Å². The molecule has 0 aromatic heterocycles. The Bertz CT molecular complexity index is 425. The van der Waals surface area contributed by atoms with Gasteiger partial charge in [0.15, 0.2) is 0 Å². The van der Waals surface area contributed by atoms with Gasteiger partial charge in [-0.1, -0.05) is 6.58 Å². The zero-order valence-corrected chi connectivity index (χ0v) is 7.94. The summed E-state index contributed by atoms with van der Waals surface area (Å²) in [7, 11) is 0. The summed E-state index contributed by atoms with van der Waals surface area (Å²) >= 11 is 0. The number of hydrogen-bond acceptors (Lipinski definition) is 5. The first-order valence-electron chi connectivity index (χ1n) is 4.01. The number of esters is 1. The number of ketones is 2. The molecule has 0 saturated heterocycles. The van der Waals surface area contributed by atoms with E-state index < -0.39 is 29.1 Å². The van der Waals surface area contributed by atoms with Crippen LogP contribution in [0.3, 0.4) is 0 Å². The van der Waals surface area contributed by atoms with Crippen molar-refractivity contribution in [2.45, 2.75) is 6.92 Å². The number of allylic oxidation sites excluding steroid dienone is 2. The molecule has 5 nitrogen and oxygen atoms in total. The lowest BCUT2D eigenvalue weighted by Gasteiger charge is -2.09. The molecule has 0 bridgehead atoms. The van der Waals surface area contributed by atoms with Gasteiger partial charge in [-0.2, -0.15) is 0 Å². The molecule has 1 N–H and O–H groups in total. The summed E-state index contributed by atoms with van der Waals surface area (Å²) in [5.74, 6) is -3.90. The van der Waals surface area contributed by atoms with Gasteiger partial charge in [0.25, 0.3) is 0 Å². The molecule has 0 unspecified atom stereocenters. The first-order chi connectivity index (χ1) is 6.93. The SMILES string of the molecule is C=C(C)C(=O)OC1=C(O)C(=O)C=CC1=O. The van der Waals surface area contributed by atoms with Crippen LogP contribution in [0.25, 0.3) is 0 Å². The number of rotatable bonds is 2. The number of aliphatic hydroxyl groups excluding tert-OH is 1. The van der Waals surface area contributed by atoms with Gasteiger partial charge in [-0.25, -0.2) is 4.79 Å². The molecule has 0 amide bonds. The minimum atomic E-state index is -0.868. The predicted molar refractivity (Wildman–Crippen MR) is 49.7 cm³/mol. The Morgan fingerprint density at radius 1 is 1.33 bits per heavy atom. The van der Waals surface area contributed by atoms with Gasteiger partial charge in [0.2, 0.25) is 23.1 Å². The lowest BCUT2D eigenvalue weighted by Crippen LogP contribution is -2.19. The third-order valence-electron chi connectivity index (χ3n) is 1.60. The Morgan fingerprint density at radius 2 is 1.87 bits per heavy atom. The second-order valence-electron chi connectivity index (χ2n) is 2.91. The van der Waals surface area contributed by atoms with Crippen LogP contribution in [0.2, 0.25) is 0 Å². The average Bonchev–Trinajstić information content (AvgIpc) is 2.18. The summed E-state index contributed by atoms with van der Waals surface area (Å²) in [5, 5.41) is 9.19. The smallest absolute Gasteiger partial charge is 0.338 e. The maximum Gasteiger partial charge on any atom is 0.338 e. The minimum Gasteiger partial charge on any atom is -0.501 e. The summed E-state index contributed by atoms with van der Waals surface area (Å²) < 4.78 is 4.52. The molecule has 1 rings (SSSR count). The Labute approximate surface area is 85.3 Å². The Kier molecular flexibility index (Phi) is 2.85. The van der Waals surface area contributed by atoms with E-state index in [-0.39, 0.29) is 5.57 Å². The van der Waals surface area contributed by atoms with Crippen molar-refractivity contribution in [3.8, 4) is 0 Å². The monoisotopic (exact) mass is 208 g/mol. The van der Waals surface area contributed by atoms with Crippen LogP contribution in [0.4, 0.5) is 0 Å². The van der Waals surface area contributed by atoms with Gasteiger partial charge in [-0.05, 0) is 19.1 Å². The molecular formula is C10H8O5. The van der Waals surface area contributed by atoms with Crippen LogP contribution >= 0.6 is 0 Å². The maximum atomic E-state index is 11.1. The quantitative estimate of drug-likeness (QED) is 0.408. The van der Waals surface area contributed by atoms with Gasteiger partial charge in [-0.15, -0.1) is 0 Å². The molecule has 0 atom stereocenters. The Morgan fingerprint density at radius 3 is 2.40 bits per heavy atom. The van der Waals surface area contributed by atoms with Crippen LogP contribution < -0.4 is 0 Å². The van der Waals surface area contributed by atoms with Crippen molar-refractivity contribution in [3.63, 3.8) is 0 Å². The van der Waals surface area contributed by atoms with Crippen LogP contribution in [0.15, 0.2) is 35.8 Å². The van der Waals surface area contributed by atoms with Gasteiger partial charge in [0.05, 0.1) is 0 Å². The zero-order chi connectivity index (χ0) is 11.6. The number of carbonyl (C=O) groups is 3. The largest absolute Gasteiger partial charge is 0.501 e. The summed E-state index contributed by atoms with van der Waals surface area (Å²) in [6, 6.07) is 0. The van der Waals surface area contributed by atoms with Crippen LogP contribution in [0.5, 0.6) is 0 Å². The summed E-state index contributed by atoms with van der Waals surface area (Å²) in [4.78, 5) is 33.1. The average molecular weight is 208 g/mol. The van der Waals surface area contributed by atoms with E-state index in [9.17, 15) is 19.5 Å². The number of aliphatic hydroxyl groups is 1. The van der Waals surface area contributed by atoms with E-state index in [2.05, 4.69) is 11.3 Å². The molecule has 0 aliphatic heterocycles. The normalized spacial score (nSPS) is 15.5. The Balaban J connectivity index is 2.98. The van der Waals surface area contributed by atoms with E-state index in [4.69, 9.17) is 0 Å². The van der Waals surface area contributed by atoms with E-state index in [0.717, 1.165) is 12.2 Å². The summed E-state index contributed by atoms with van der Waals surface area (Å²) in [5.41, 5.74) is 0.0603. The first kappa shape index (κ1) is 10.9. The van der Waals surface area contributed by atoms with Crippen molar-refractivity contribution in [1.82, 2.24) is 0 Å². The van der Waals surface area contributed by atoms with Crippen LogP contribution in [-0.2, 0) is 19.1 Å². The molecule has 78 valence electrons. The third-order valence-corrected chi connectivity index (χ3v) is 1.60. The predicted octanol–water partition coefficient (Wildman–Crippen LogP) is 0.583. The maximum absolute atomic E-state index is 11.1. The number of hydrogen-bond donors (Lipinski definition) is 1. The topological polar surface area (TPSA) is 80.7 Å². The zero-order valence-electron chi connectivity index (χ0n) is 7.94. The highest BCUT2D eigenvalue weighted by molar-refractivity contribution is 6.18. The van der Waals surface area contributed by atoms with Crippen molar-refractivity contribution in [1.29, 1.82) is 0 Å². The van der Waals surface area contributed by atoms with Gasteiger partial charge in [-0.3, -0.25) is 9.59 Å². The highest BCUT2D eigenvalue weighted by Crippen LogP contribution is 2.14. The van der Waals surface area contributed by atoms with Gasteiger partial charge < -0.3 is 9.84 Å². The van der Waals surface area contributed by atoms with E-state index in [0.29, 0.717) is 0 Å². The van der Waals surface area contributed by atoms with E-state index in [1.54, 1.807) is 0 Å². The molecule has 1 aliphatic carbocycles. The standard InChI is InChI=1S/C10H8O5/c1-5(2)10(14)15-9-7(12)4-3-6(11)8(9)13/h3-4,13H,1H2,2H3.